The number of aromatic nitrogens is 1. The Hall–Kier alpha value is -2.96. The number of rotatable bonds is 8. The van der Waals surface area contributed by atoms with Gasteiger partial charge in [-0.05, 0) is 95.0 Å². The molecule has 2 aliphatic rings. The maximum absolute atomic E-state index is 14.5. The number of ether oxygens (including phenoxy) is 1. The van der Waals surface area contributed by atoms with E-state index in [1.807, 2.05) is 31.2 Å². The average Bonchev–Trinajstić information content (AvgIpc) is 3.64. The quantitative estimate of drug-likeness (QED) is 0.249. The molecule has 3 aromatic rings. The number of thiazole rings is 1. The second-order valence-electron chi connectivity index (χ2n) is 10.8. The first kappa shape index (κ1) is 28.6. The number of amides is 2. The van der Waals surface area contributed by atoms with E-state index in [1.165, 1.54) is 28.5 Å². The Morgan fingerprint density at radius 3 is 2.65 bits per heavy atom. The number of hydrogen-bond donors (Lipinski definition) is 4. The van der Waals surface area contributed by atoms with Crippen molar-refractivity contribution in [2.24, 2.45) is 4.36 Å². The molecule has 0 radical (unpaired) electrons. The van der Waals surface area contributed by atoms with Crippen molar-refractivity contribution >= 4 is 48.1 Å². The number of carbonyl (C=O) groups excluding carboxylic acids is 1. The van der Waals surface area contributed by atoms with Crippen molar-refractivity contribution in [3.05, 3.63) is 64.3 Å². The number of fused-ring (bicyclic) bond motifs is 2. The molecule has 1 heterocycles. The Labute approximate surface area is 241 Å². The van der Waals surface area contributed by atoms with Gasteiger partial charge in [-0.2, -0.15) is 0 Å². The van der Waals surface area contributed by atoms with Crippen molar-refractivity contribution in [2.75, 3.05) is 29.7 Å². The topological polar surface area (TPSA) is 122 Å². The van der Waals surface area contributed by atoms with E-state index in [0.717, 1.165) is 54.7 Å². The molecule has 12 heteroatoms. The molecule has 40 heavy (non-hydrogen) atoms. The molecule has 2 aliphatic carbocycles. The van der Waals surface area contributed by atoms with E-state index in [1.54, 1.807) is 19.6 Å². The summed E-state index contributed by atoms with van der Waals surface area (Å²) < 4.78 is 42.4. The molecular formula is C28H37N5O4S3. The standard InChI is InChI=1S/C28H37N5O4S3/c1-17-9-14-23-24(17)15-20-7-6-8-22(20)26(23)30-27(34)33-40(36,28-29-16-25(38-28)32-39(4,5)35)31-18(2)19-10-12-21(37-3)13-11-19/h10-13,15-18,39H,6-9,14H2,1-5H3,(H,32,35)(H2,30,31,33,34,36)/t17-,18+,40?/m1/s1. The molecule has 0 bridgehead atoms. The highest BCUT2D eigenvalue weighted by Crippen LogP contribution is 2.43. The SMILES string of the molecule is COc1ccc([C@H](C)N=S(=O)(NC(=O)Nc2c3c(cc4c2CC[C@H]4C)CCC3)c2ncc(N[SH](C)(C)=O)s2)cc1. The Morgan fingerprint density at radius 2 is 1.95 bits per heavy atom. The number of nitrogens with one attached hydrogen (secondary N) is 3. The summed E-state index contributed by atoms with van der Waals surface area (Å²) in [5, 5.41) is 3.57. The first-order valence-corrected chi connectivity index (χ1v) is 18.3. The smallest absolute Gasteiger partial charge is 0.332 e. The molecule has 0 aliphatic heterocycles. The normalized spacial score (nSPS) is 18.7. The molecule has 3 atom stereocenters. The van der Waals surface area contributed by atoms with Crippen LogP contribution in [0, 0.1) is 0 Å². The second-order valence-corrected chi connectivity index (χ2v) is 16.9. The molecule has 1 unspecified atom stereocenters. The molecule has 9 nitrogen and oxygen atoms in total. The fourth-order valence-electron chi connectivity index (χ4n) is 5.44. The first-order chi connectivity index (χ1) is 19.0. The summed E-state index contributed by atoms with van der Waals surface area (Å²) in [5.74, 6) is 1.15. The Bertz CT molecular complexity index is 1600. The lowest BCUT2D eigenvalue weighted by molar-refractivity contribution is 0.256. The number of thiol groups is 1. The lowest BCUT2D eigenvalue weighted by Gasteiger charge is -2.19. The fraction of sp³-hybridized carbons (Fsp3) is 0.429. The third kappa shape index (κ3) is 6.03. The van der Waals surface area contributed by atoms with Crippen molar-refractivity contribution < 1.29 is 17.9 Å². The van der Waals surface area contributed by atoms with Crippen molar-refractivity contribution in [1.29, 1.82) is 0 Å². The predicted octanol–water partition coefficient (Wildman–Crippen LogP) is 5.62. The van der Waals surface area contributed by atoms with Gasteiger partial charge in [0.2, 0.25) is 4.34 Å². The van der Waals surface area contributed by atoms with E-state index in [-0.39, 0.29) is 4.34 Å². The Morgan fingerprint density at radius 1 is 1.20 bits per heavy atom. The molecule has 0 spiro atoms. The van der Waals surface area contributed by atoms with Crippen molar-refractivity contribution in [3.8, 4) is 5.75 Å². The number of anilines is 2. The molecule has 2 amide bonds. The van der Waals surface area contributed by atoms with E-state index >= 15 is 0 Å². The third-order valence-electron chi connectivity index (χ3n) is 7.38. The minimum atomic E-state index is -3.51. The molecule has 0 saturated heterocycles. The van der Waals surface area contributed by atoms with Crippen LogP contribution in [0.5, 0.6) is 5.75 Å². The molecule has 216 valence electrons. The minimum Gasteiger partial charge on any atom is -0.497 e. The molecule has 1 aromatic heterocycles. The van der Waals surface area contributed by atoms with Gasteiger partial charge < -0.3 is 14.8 Å². The molecule has 0 saturated carbocycles. The van der Waals surface area contributed by atoms with Gasteiger partial charge in [-0.1, -0.05) is 36.5 Å². The van der Waals surface area contributed by atoms with E-state index in [9.17, 15) is 13.2 Å². The summed E-state index contributed by atoms with van der Waals surface area (Å²) in [6, 6.07) is 8.54. The second kappa shape index (κ2) is 11.1. The van der Waals surface area contributed by atoms with Crippen LogP contribution in [0.1, 0.15) is 66.5 Å². The van der Waals surface area contributed by atoms with E-state index < -0.39 is 32.1 Å². The largest absolute Gasteiger partial charge is 0.497 e. The van der Waals surface area contributed by atoms with Gasteiger partial charge in [-0.15, -0.1) is 0 Å². The van der Waals surface area contributed by atoms with Gasteiger partial charge in [0.05, 0.1) is 19.3 Å². The highest BCUT2D eigenvalue weighted by molar-refractivity contribution is 8.03. The fourth-order valence-corrected chi connectivity index (χ4v) is 9.54. The molecule has 3 N–H and O–H groups in total. The average molecular weight is 604 g/mol. The summed E-state index contributed by atoms with van der Waals surface area (Å²) >= 11 is 1.07. The van der Waals surface area contributed by atoms with Gasteiger partial charge in [-0.3, -0.25) is 4.21 Å². The maximum atomic E-state index is 14.5. The summed E-state index contributed by atoms with van der Waals surface area (Å²) in [6.07, 6.45) is 9.61. The zero-order valence-electron chi connectivity index (χ0n) is 23.4. The highest BCUT2D eigenvalue weighted by Gasteiger charge is 2.30. The monoisotopic (exact) mass is 603 g/mol. The lowest BCUT2D eigenvalue weighted by Crippen LogP contribution is -2.35. The van der Waals surface area contributed by atoms with Crippen molar-refractivity contribution in [2.45, 2.75) is 62.3 Å². The van der Waals surface area contributed by atoms with Crippen LogP contribution in [0.3, 0.4) is 0 Å². The summed E-state index contributed by atoms with van der Waals surface area (Å²) in [4.78, 5) is 17.9. The van der Waals surface area contributed by atoms with Crippen LogP contribution in [-0.2, 0) is 39.3 Å². The van der Waals surface area contributed by atoms with Gasteiger partial charge in [-0.25, -0.2) is 23.1 Å². The van der Waals surface area contributed by atoms with Gasteiger partial charge >= 0.3 is 6.03 Å². The first-order valence-electron chi connectivity index (χ1n) is 13.4. The molecule has 2 aromatic carbocycles. The number of hydrogen-bond acceptors (Lipinski definition) is 7. The van der Waals surface area contributed by atoms with Crippen LogP contribution in [-0.4, -0.2) is 39.1 Å². The molecular weight excluding hydrogens is 567 g/mol. The predicted molar refractivity (Wildman–Crippen MR) is 165 cm³/mol. The molecule has 5 rings (SSSR count). The van der Waals surface area contributed by atoms with Crippen LogP contribution < -0.4 is 19.5 Å². The van der Waals surface area contributed by atoms with Crippen LogP contribution in [0.4, 0.5) is 15.5 Å². The zero-order valence-corrected chi connectivity index (χ0v) is 26.0. The van der Waals surface area contributed by atoms with Crippen LogP contribution in [0.15, 0.2) is 45.2 Å². The van der Waals surface area contributed by atoms with Gasteiger partial charge in [0.1, 0.15) is 10.8 Å². The Kier molecular flexibility index (Phi) is 7.95. The number of carbonyl (C=O) groups is 1. The zero-order chi connectivity index (χ0) is 28.7. The maximum Gasteiger partial charge on any atom is 0.332 e. The highest BCUT2D eigenvalue weighted by atomic mass is 32.3. The van der Waals surface area contributed by atoms with Gasteiger partial charge in [0, 0.05) is 18.2 Å². The number of methoxy groups -OCH3 is 1. The minimum absolute atomic E-state index is 0.135. The lowest BCUT2D eigenvalue weighted by atomic mass is 9.96. The third-order valence-corrected chi connectivity index (χ3v) is 11.6. The van der Waals surface area contributed by atoms with Gasteiger partial charge in [0.15, 0.2) is 9.92 Å². The summed E-state index contributed by atoms with van der Waals surface area (Å²) in [7, 11) is -4.54. The van der Waals surface area contributed by atoms with Crippen LogP contribution >= 0.6 is 11.3 Å². The van der Waals surface area contributed by atoms with Crippen molar-refractivity contribution in [3.63, 3.8) is 0 Å². The number of nitrogens with zero attached hydrogens (tertiary/aromatic N) is 2. The Balaban J connectivity index is 1.49. The number of urea groups is 1. The van der Waals surface area contributed by atoms with E-state index in [0.29, 0.717) is 16.7 Å². The van der Waals surface area contributed by atoms with E-state index in [4.69, 9.17) is 4.74 Å². The molecule has 0 fully saturated rings. The summed E-state index contributed by atoms with van der Waals surface area (Å²) in [5.41, 5.74) is 6.62. The van der Waals surface area contributed by atoms with E-state index in [2.05, 4.69) is 37.1 Å². The van der Waals surface area contributed by atoms with Gasteiger partial charge in [0.25, 0.3) is 0 Å². The van der Waals surface area contributed by atoms with Crippen molar-refractivity contribution in [1.82, 2.24) is 9.71 Å². The number of aryl methyl sites for hydroxylation is 1. The van der Waals surface area contributed by atoms with Crippen LogP contribution in [0.2, 0.25) is 0 Å². The summed E-state index contributed by atoms with van der Waals surface area (Å²) in [6.45, 7) is 4.04. The van der Waals surface area contributed by atoms with Crippen LogP contribution in [0.25, 0.3) is 0 Å². The number of benzene rings is 2.